The van der Waals surface area contributed by atoms with Crippen molar-refractivity contribution in [3.05, 3.63) is 47.5 Å². The van der Waals surface area contributed by atoms with Gasteiger partial charge in [-0.05, 0) is 12.0 Å². The number of benzene rings is 1. The number of carbonyl (C=O) groups excluding carboxylic acids is 1. The molecule has 1 N–H and O–H groups in total. The van der Waals surface area contributed by atoms with Crippen LogP contribution in [-0.2, 0) is 11.2 Å². The van der Waals surface area contributed by atoms with Crippen LogP contribution in [0.25, 0.3) is 0 Å². The number of anilines is 1. The molecule has 0 unspecified atom stereocenters. The van der Waals surface area contributed by atoms with Crippen molar-refractivity contribution in [2.45, 2.75) is 13.3 Å². The van der Waals surface area contributed by atoms with Gasteiger partial charge in [0.2, 0.25) is 5.91 Å². The Morgan fingerprint density at radius 2 is 2.18 bits per heavy atom. The second-order valence-corrected chi connectivity index (χ2v) is 4.81. The third-order valence-electron chi connectivity index (χ3n) is 2.49. The van der Waals surface area contributed by atoms with E-state index in [1.807, 2.05) is 42.6 Å². The van der Waals surface area contributed by atoms with Gasteiger partial charge in [0.15, 0.2) is 5.13 Å². The van der Waals surface area contributed by atoms with Gasteiger partial charge in [-0.25, -0.2) is 4.98 Å². The number of aromatic nitrogens is 1. The van der Waals surface area contributed by atoms with Crippen molar-refractivity contribution in [3.8, 4) is 0 Å². The largest absolute Gasteiger partial charge is 0.302 e. The number of hydrogen-bond acceptors (Lipinski definition) is 3. The number of rotatable bonds is 4. The van der Waals surface area contributed by atoms with Crippen LogP contribution in [0, 0.1) is 5.92 Å². The first kappa shape index (κ1) is 11.8. The Morgan fingerprint density at radius 3 is 2.82 bits per heavy atom. The minimum Gasteiger partial charge on any atom is -0.302 e. The van der Waals surface area contributed by atoms with Crippen molar-refractivity contribution < 1.29 is 4.79 Å². The van der Waals surface area contributed by atoms with Crippen molar-refractivity contribution in [3.63, 3.8) is 0 Å². The smallest absolute Gasteiger partial charge is 0.229 e. The lowest BCUT2D eigenvalue weighted by molar-refractivity contribution is -0.119. The van der Waals surface area contributed by atoms with E-state index in [1.54, 1.807) is 6.20 Å². The Hall–Kier alpha value is -1.68. The number of hydrogen-bond donors (Lipinski definition) is 1. The van der Waals surface area contributed by atoms with E-state index < -0.39 is 0 Å². The predicted octanol–water partition coefficient (Wildman–Crippen LogP) is 2.96. The summed E-state index contributed by atoms with van der Waals surface area (Å²) in [5.41, 5.74) is 1.18. The van der Waals surface area contributed by atoms with Gasteiger partial charge >= 0.3 is 0 Å². The van der Waals surface area contributed by atoms with Gasteiger partial charge in [0.1, 0.15) is 0 Å². The van der Waals surface area contributed by atoms with Gasteiger partial charge in [0, 0.05) is 17.5 Å². The second-order valence-electron chi connectivity index (χ2n) is 3.92. The number of nitrogens with zero attached hydrogens (tertiary/aromatic N) is 1. The summed E-state index contributed by atoms with van der Waals surface area (Å²) in [7, 11) is 0. The minimum atomic E-state index is -0.0544. The van der Waals surface area contributed by atoms with Crippen LogP contribution in [0.1, 0.15) is 12.5 Å². The molecule has 3 nitrogen and oxygen atoms in total. The van der Waals surface area contributed by atoms with Crippen molar-refractivity contribution in [1.82, 2.24) is 4.98 Å². The van der Waals surface area contributed by atoms with Crippen LogP contribution in [0.3, 0.4) is 0 Å². The third kappa shape index (κ3) is 3.39. The SMILES string of the molecule is C[C@@H](Cc1ccccc1)C(=O)Nc1nccs1. The molecule has 0 saturated carbocycles. The van der Waals surface area contributed by atoms with Crippen molar-refractivity contribution in [2.75, 3.05) is 5.32 Å². The highest BCUT2D eigenvalue weighted by atomic mass is 32.1. The van der Waals surface area contributed by atoms with E-state index >= 15 is 0 Å². The summed E-state index contributed by atoms with van der Waals surface area (Å²) >= 11 is 1.43. The highest BCUT2D eigenvalue weighted by molar-refractivity contribution is 7.13. The Bertz CT molecular complexity index is 467. The van der Waals surface area contributed by atoms with Crippen LogP contribution in [0.5, 0.6) is 0 Å². The van der Waals surface area contributed by atoms with E-state index in [0.717, 1.165) is 6.42 Å². The lowest BCUT2D eigenvalue weighted by Crippen LogP contribution is -2.22. The summed E-state index contributed by atoms with van der Waals surface area (Å²) in [5.74, 6) is -0.0369. The summed E-state index contributed by atoms with van der Waals surface area (Å²) in [6, 6.07) is 10.0. The standard InChI is InChI=1S/C13H14N2OS/c1-10(9-11-5-3-2-4-6-11)12(16)15-13-14-7-8-17-13/h2-8,10H,9H2,1H3,(H,14,15,16)/t10-/m0/s1. The Balaban J connectivity index is 1.92. The first-order chi connectivity index (χ1) is 8.25. The van der Waals surface area contributed by atoms with Gasteiger partial charge in [-0.2, -0.15) is 0 Å². The average Bonchev–Trinajstić information content (AvgIpc) is 2.83. The van der Waals surface area contributed by atoms with E-state index in [1.165, 1.54) is 16.9 Å². The Labute approximate surface area is 105 Å². The van der Waals surface area contributed by atoms with Gasteiger partial charge in [0.05, 0.1) is 0 Å². The molecule has 1 heterocycles. The molecule has 1 aromatic carbocycles. The van der Waals surface area contributed by atoms with Crippen LogP contribution in [0.2, 0.25) is 0 Å². The molecule has 17 heavy (non-hydrogen) atoms. The van der Waals surface area contributed by atoms with Crippen LogP contribution in [0.4, 0.5) is 5.13 Å². The van der Waals surface area contributed by atoms with E-state index in [0.29, 0.717) is 5.13 Å². The molecule has 0 aliphatic heterocycles. The van der Waals surface area contributed by atoms with Gasteiger partial charge in [-0.15, -0.1) is 11.3 Å². The molecule has 0 radical (unpaired) electrons. The minimum absolute atomic E-state index is 0.0174. The number of nitrogens with one attached hydrogen (secondary N) is 1. The molecular formula is C13H14N2OS. The molecule has 0 bridgehead atoms. The maximum atomic E-state index is 11.9. The highest BCUT2D eigenvalue weighted by Gasteiger charge is 2.14. The monoisotopic (exact) mass is 246 g/mol. The normalized spacial score (nSPS) is 12.1. The van der Waals surface area contributed by atoms with E-state index in [9.17, 15) is 4.79 Å². The summed E-state index contributed by atoms with van der Waals surface area (Å²) in [6.45, 7) is 1.93. The Kier molecular flexibility index (Phi) is 3.88. The molecule has 1 aromatic heterocycles. The first-order valence-electron chi connectivity index (χ1n) is 5.50. The van der Waals surface area contributed by atoms with Gasteiger partial charge in [0.25, 0.3) is 0 Å². The van der Waals surface area contributed by atoms with Crippen LogP contribution >= 0.6 is 11.3 Å². The quantitative estimate of drug-likeness (QED) is 0.901. The summed E-state index contributed by atoms with van der Waals surface area (Å²) in [5, 5.41) is 5.32. The molecule has 1 amide bonds. The van der Waals surface area contributed by atoms with E-state index in [2.05, 4.69) is 10.3 Å². The molecule has 0 aliphatic rings. The number of thiazole rings is 1. The predicted molar refractivity (Wildman–Crippen MR) is 70.1 cm³/mol. The number of amides is 1. The fourth-order valence-corrected chi connectivity index (χ4v) is 2.11. The molecule has 0 saturated heterocycles. The maximum Gasteiger partial charge on any atom is 0.229 e. The molecule has 1 atom stereocenters. The third-order valence-corrected chi connectivity index (χ3v) is 3.18. The van der Waals surface area contributed by atoms with Gasteiger partial charge < -0.3 is 5.32 Å². The van der Waals surface area contributed by atoms with Gasteiger partial charge in [-0.1, -0.05) is 37.3 Å². The molecule has 88 valence electrons. The zero-order valence-corrected chi connectivity index (χ0v) is 10.4. The van der Waals surface area contributed by atoms with Gasteiger partial charge in [-0.3, -0.25) is 4.79 Å². The second kappa shape index (κ2) is 5.59. The molecule has 0 aliphatic carbocycles. The van der Waals surface area contributed by atoms with E-state index in [4.69, 9.17) is 0 Å². The fourth-order valence-electron chi connectivity index (χ4n) is 1.57. The highest BCUT2D eigenvalue weighted by Crippen LogP contribution is 2.14. The van der Waals surface area contributed by atoms with Crippen LogP contribution in [0.15, 0.2) is 41.9 Å². The van der Waals surface area contributed by atoms with Crippen molar-refractivity contribution in [1.29, 1.82) is 0 Å². The number of carbonyl (C=O) groups is 1. The Morgan fingerprint density at radius 1 is 1.41 bits per heavy atom. The molecule has 0 fully saturated rings. The fraction of sp³-hybridized carbons (Fsp3) is 0.231. The lowest BCUT2D eigenvalue weighted by atomic mass is 10.0. The first-order valence-corrected chi connectivity index (χ1v) is 6.38. The van der Waals surface area contributed by atoms with E-state index in [-0.39, 0.29) is 11.8 Å². The van der Waals surface area contributed by atoms with Crippen LogP contribution in [-0.4, -0.2) is 10.9 Å². The lowest BCUT2D eigenvalue weighted by Gasteiger charge is -2.10. The zero-order valence-electron chi connectivity index (χ0n) is 9.59. The molecule has 2 aromatic rings. The van der Waals surface area contributed by atoms with Crippen molar-refractivity contribution >= 4 is 22.4 Å². The maximum absolute atomic E-state index is 11.9. The summed E-state index contributed by atoms with van der Waals surface area (Å²) in [6.07, 6.45) is 2.43. The average molecular weight is 246 g/mol. The molecular weight excluding hydrogens is 232 g/mol. The topological polar surface area (TPSA) is 42.0 Å². The van der Waals surface area contributed by atoms with Crippen molar-refractivity contribution in [2.24, 2.45) is 5.92 Å². The van der Waals surface area contributed by atoms with Crippen LogP contribution < -0.4 is 5.32 Å². The molecule has 2 rings (SSSR count). The summed E-state index contributed by atoms with van der Waals surface area (Å²) < 4.78 is 0. The summed E-state index contributed by atoms with van der Waals surface area (Å²) in [4.78, 5) is 15.9. The zero-order chi connectivity index (χ0) is 12.1. The molecule has 4 heteroatoms. The molecule has 0 spiro atoms.